The fraction of sp³-hybridized carbons (Fsp3) is 1.00. The maximum Gasteiger partial charge on any atom is 0.0979 e. The zero-order chi connectivity index (χ0) is 8.73. The molecule has 1 N–H and O–H groups in total. The van der Waals surface area contributed by atoms with Gasteiger partial charge in [-0.3, -0.25) is 0 Å². The van der Waals surface area contributed by atoms with Gasteiger partial charge in [0, 0.05) is 6.42 Å². The molecule has 4 rings (SSSR count). The lowest BCUT2D eigenvalue weighted by Gasteiger charge is -2.37. The van der Waals surface area contributed by atoms with Gasteiger partial charge in [-0.25, -0.2) is 0 Å². The molecule has 1 heterocycles. The van der Waals surface area contributed by atoms with Gasteiger partial charge in [0.1, 0.15) is 0 Å². The van der Waals surface area contributed by atoms with Crippen molar-refractivity contribution in [2.24, 2.45) is 5.41 Å². The monoisotopic (exact) mass is 180 g/mol. The van der Waals surface area contributed by atoms with Crippen molar-refractivity contribution in [1.82, 2.24) is 0 Å². The molecule has 1 aliphatic heterocycles. The highest BCUT2D eigenvalue weighted by Crippen LogP contribution is 2.70. The average Bonchev–Trinajstić information content (AvgIpc) is 2.96. The Hall–Kier alpha value is -0.0800. The van der Waals surface area contributed by atoms with Crippen LogP contribution in [-0.2, 0) is 4.74 Å². The molecule has 0 aromatic rings. The van der Waals surface area contributed by atoms with Crippen LogP contribution in [0.25, 0.3) is 0 Å². The van der Waals surface area contributed by atoms with E-state index in [1.54, 1.807) is 0 Å². The molecule has 2 nitrogen and oxygen atoms in total. The molecule has 0 aromatic heterocycles. The van der Waals surface area contributed by atoms with Crippen molar-refractivity contribution < 1.29 is 9.84 Å². The summed E-state index contributed by atoms with van der Waals surface area (Å²) in [6, 6.07) is 0. The van der Waals surface area contributed by atoms with E-state index in [-0.39, 0.29) is 17.3 Å². The molecule has 3 aliphatic carbocycles. The summed E-state index contributed by atoms with van der Waals surface area (Å²) in [5, 5.41) is 9.64. The van der Waals surface area contributed by atoms with Crippen LogP contribution in [0.15, 0.2) is 0 Å². The molecule has 13 heavy (non-hydrogen) atoms. The fourth-order valence-electron chi connectivity index (χ4n) is 3.40. The predicted octanol–water partition coefficient (Wildman–Crippen LogP) is 1.61. The van der Waals surface area contributed by atoms with Crippen LogP contribution in [0.5, 0.6) is 0 Å². The number of hydrogen-bond acceptors (Lipinski definition) is 2. The summed E-state index contributed by atoms with van der Waals surface area (Å²) in [7, 11) is 0. The van der Waals surface area contributed by atoms with E-state index >= 15 is 0 Å². The van der Waals surface area contributed by atoms with Gasteiger partial charge in [0.25, 0.3) is 0 Å². The maximum absolute atomic E-state index is 9.64. The van der Waals surface area contributed by atoms with Gasteiger partial charge in [-0.15, -0.1) is 0 Å². The second-order valence-corrected chi connectivity index (χ2v) is 5.92. The smallest absolute Gasteiger partial charge is 0.0979 e. The molecule has 2 atom stereocenters. The Labute approximate surface area is 78.3 Å². The van der Waals surface area contributed by atoms with Crippen LogP contribution in [0.2, 0.25) is 0 Å². The largest absolute Gasteiger partial charge is 0.390 e. The molecule has 4 aliphatic rings. The minimum absolute atomic E-state index is 0.0642. The first-order valence-electron chi connectivity index (χ1n) is 5.55. The molecule has 3 spiro atoms. The average molecular weight is 180 g/mol. The molecule has 72 valence electrons. The van der Waals surface area contributed by atoms with Gasteiger partial charge in [-0.1, -0.05) is 0 Å². The molecule has 0 aromatic carbocycles. The van der Waals surface area contributed by atoms with Crippen molar-refractivity contribution in [3.63, 3.8) is 0 Å². The molecule has 2 heteroatoms. The second-order valence-electron chi connectivity index (χ2n) is 5.92. The van der Waals surface area contributed by atoms with Crippen molar-refractivity contribution in [3.05, 3.63) is 0 Å². The Morgan fingerprint density at radius 1 is 1.08 bits per heavy atom. The van der Waals surface area contributed by atoms with Crippen molar-refractivity contribution in [3.8, 4) is 0 Å². The number of hydrogen-bond donors (Lipinski definition) is 1. The van der Waals surface area contributed by atoms with Crippen LogP contribution >= 0.6 is 0 Å². The highest BCUT2D eigenvalue weighted by molar-refractivity contribution is 5.21. The molecule has 0 radical (unpaired) electrons. The summed E-state index contributed by atoms with van der Waals surface area (Å²) < 4.78 is 6.12. The lowest BCUT2D eigenvalue weighted by atomic mass is 9.86. The Bertz CT molecular complexity index is 256. The zero-order valence-electron chi connectivity index (χ0n) is 7.88. The minimum Gasteiger partial charge on any atom is -0.390 e. The lowest BCUT2D eigenvalue weighted by Crippen LogP contribution is -2.39. The maximum atomic E-state index is 9.64. The molecule has 4 fully saturated rings. The quantitative estimate of drug-likeness (QED) is 0.613. The van der Waals surface area contributed by atoms with Crippen molar-refractivity contribution >= 4 is 0 Å². The third-order valence-corrected chi connectivity index (χ3v) is 4.54. The summed E-state index contributed by atoms with van der Waals surface area (Å²) in [5.74, 6) is 0. The Morgan fingerprint density at radius 2 is 1.77 bits per heavy atom. The van der Waals surface area contributed by atoms with E-state index < -0.39 is 0 Å². The van der Waals surface area contributed by atoms with Crippen LogP contribution in [0, 0.1) is 5.41 Å². The Balaban J connectivity index is 1.68. The van der Waals surface area contributed by atoms with Gasteiger partial charge in [-0.05, 0) is 43.9 Å². The van der Waals surface area contributed by atoms with Gasteiger partial charge in [0.05, 0.1) is 17.3 Å². The summed E-state index contributed by atoms with van der Waals surface area (Å²) in [6.07, 6.45) is 8.53. The second kappa shape index (κ2) is 1.70. The van der Waals surface area contributed by atoms with Crippen LogP contribution in [0.3, 0.4) is 0 Å². The van der Waals surface area contributed by atoms with Crippen LogP contribution in [-0.4, -0.2) is 22.4 Å². The molecular weight excluding hydrogens is 164 g/mol. The van der Waals surface area contributed by atoms with Crippen molar-refractivity contribution in [1.29, 1.82) is 0 Å². The van der Waals surface area contributed by atoms with Crippen LogP contribution < -0.4 is 0 Å². The standard InChI is InChI=1S/C11H16O2/c12-8-5-11(8)7-9(1-2-9)6-10(13-11)3-4-10/h8,12H,1-7H2. The SMILES string of the molecule is OC1CC12CC1(CC1)CC1(CC1)O2. The number of aliphatic hydroxyl groups is 1. The molecule has 0 bridgehead atoms. The topological polar surface area (TPSA) is 29.5 Å². The van der Waals surface area contributed by atoms with E-state index in [0.717, 1.165) is 12.8 Å². The molecular formula is C11H16O2. The highest BCUT2D eigenvalue weighted by Gasteiger charge is 2.71. The number of rotatable bonds is 0. The predicted molar refractivity (Wildman–Crippen MR) is 47.3 cm³/mol. The molecule has 3 saturated carbocycles. The van der Waals surface area contributed by atoms with E-state index in [1.807, 2.05) is 0 Å². The van der Waals surface area contributed by atoms with Crippen LogP contribution in [0.4, 0.5) is 0 Å². The summed E-state index contributed by atoms with van der Waals surface area (Å²) in [4.78, 5) is 0. The first-order chi connectivity index (χ1) is 6.16. The summed E-state index contributed by atoms with van der Waals surface area (Å²) >= 11 is 0. The zero-order valence-corrected chi connectivity index (χ0v) is 7.88. The van der Waals surface area contributed by atoms with E-state index in [1.165, 1.54) is 32.1 Å². The lowest BCUT2D eigenvalue weighted by molar-refractivity contribution is -0.127. The number of ether oxygens (including phenoxy) is 1. The molecule has 2 unspecified atom stereocenters. The van der Waals surface area contributed by atoms with Gasteiger partial charge in [-0.2, -0.15) is 0 Å². The molecule has 1 saturated heterocycles. The van der Waals surface area contributed by atoms with E-state index in [2.05, 4.69) is 0 Å². The van der Waals surface area contributed by atoms with Gasteiger partial charge < -0.3 is 9.84 Å². The number of aliphatic hydroxyl groups excluding tert-OH is 1. The van der Waals surface area contributed by atoms with E-state index in [0.29, 0.717) is 5.41 Å². The third kappa shape index (κ3) is 0.861. The van der Waals surface area contributed by atoms with Gasteiger partial charge >= 0.3 is 0 Å². The molecule has 0 amide bonds. The highest BCUT2D eigenvalue weighted by atomic mass is 16.6. The minimum atomic E-state index is -0.136. The fourth-order valence-corrected chi connectivity index (χ4v) is 3.40. The van der Waals surface area contributed by atoms with Gasteiger partial charge in [0.15, 0.2) is 0 Å². The first kappa shape index (κ1) is 7.24. The summed E-state index contributed by atoms with van der Waals surface area (Å²) in [6.45, 7) is 0. The Morgan fingerprint density at radius 3 is 2.23 bits per heavy atom. The normalized spacial score (nSPS) is 52.8. The van der Waals surface area contributed by atoms with E-state index in [4.69, 9.17) is 4.74 Å². The third-order valence-electron chi connectivity index (χ3n) is 4.54. The van der Waals surface area contributed by atoms with Gasteiger partial charge in [0.2, 0.25) is 0 Å². The van der Waals surface area contributed by atoms with E-state index in [9.17, 15) is 5.11 Å². The Kier molecular flexibility index (Phi) is 0.947. The summed E-state index contributed by atoms with van der Waals surface area (Å²) in [5.41, 5.74) is 0.795. The first-order valence-corrected chi connectivity index (χ1v) is 5.55. The van der Waals surface area contributed by atoms with Crippen molar-refractivity contribution in [2.45, 2.75) is 62.3 Å². The van der Waals surface area contributed by atoms with Crippen LogP contribution in [0.1, 0.15) is 44.9 Å². The van der Waals surface area contributed by atoms with Crippen molar-refractivity contribution in [2.75, 3.05) is 0 Å².